The Bertz CT molecular complexity index is 586. The summed E-state index contributed by atoms with van der Waals surface area (Å²) in [4.78, 5) is 8.02. The number of pyridine rings is 1. The number of nitrogens with zero attached hydrogens (tertiary/aromatic N) is 2. The molecule has 1 aromatic rings. The highest BCUT2D eigenvalue weighted by molar-refractivity contribution is 5.79. The minimum atomic E-state index is -4.38. The molecule has 1 saturated carbocycles. The molecule has 0 amide bonds. The van der Waals surface area contributed by atoms with E-state index in [0.717, 1.165) is 18.4 Å². The Balaban J connectivity index is 1.64. The van der Waals surface area contributed by atoms with Crippen LogP contribution in [0.2, 0.25) is 0 Å². The third kappa shape index (κ3) is 9.25. The maximum atomic E-state index is 12.1. The molecule has 1 aromatic heterocycles. The van der Waals surface area contributed by atoms with E-state index < -0.39 is 12.8 Å². The third-order valence-electron chi connectivity index (χ3n) is 4.42. The summed E-state index contributed by atoms with van der Waals surface area (Å²) in [6.45, 7) is 0.365. The molecular weight excluding hydrogens is 373 g/mol. The summed E-state index contributed by atoms with van der Waals surface area (Å²) in [5.74, 6) is 0.570. The Hall–Kier alpha value is -2.03. The number of aromatic nitrogens is 1. The van der Waals surface area contributed by atoms with Gasteiger partial charge in [0.25, 0.3) is 0 Å². The normalized spacial score (nSPS) is 16.5. The highest BCUT2D eigenvalue weighted by Gasteiger charge is 2.28. The number of aliphatic imine (C=N–C) groups is 1. The van der Waals surface area contributed by atoms with Crippen molar-refractivity contribution < 1.29 is 22.6 Å². The van der Waals surface area contributed by atoms with Crippen LogP contribution < -0.4 is 15.4 Å². The highest BCUT2D eigenvalue weighted by Crippen LogP contribution is 2.19. The van der Waals surface area contributed by atoms with Crippen molar-refractivity contribution >= 4 is 5.96 Å². The summed E-state index contributed by atoms with van der Waals surface area (Å²) in [5, 5.41) is 6.32. The lowest BCUT2D eigenvalue weighted by atomic mass is 10.1. The van der Waals surface area contributed by atoms with Gasteiger partial charge in [0, 0.05) is 32.4 Å². The number of nitrogens with one attached hydrogen (secondary N) is 2. The topological polar surface area (TPSA) is 67.8 Å². The van der Waals surface area contributed by atoms with Crippen molar-refractivity contribution in [1.29, 1.82) is 0 Å². The monoisotopic (exact) mass is 402 g/mol. The molecule has 0 aliphatic heterocycles. The zero-order valence-corrected chi connectivity index (χ0v) is 16.2. The van der Waals surface area contributed by atoms with Crippen molar-refractivity contribution in [3.8, 4) is 5.88 Å². The molecule has 2 rings (SSSR count). The molecule has 0 spiro atoms. The Labute approximate surface area is 163 Å². The summed E-state index contributed by atoms with van der Waals surface area (Å²) in [6.07, 6.45) is 4.85. The Morgan fingerprint density at radius 1 is 1.18 bits per heavy atom. The van der Waals surface area contributed by atoms with Crippen LogP contribution >= 0.6 is 0 Å². The van der Waals surface area contributed by atoms with Gasteiger partial charge >= 0.3 is 6.18 Å². The summed E-state index contributed by atoms with van der Waals surface area (Å²) in [7, 11) is 1.67. The number of alkyl halides is 3. The number of hydrogen-bond donors (Lipinski definition) is 2. The maximum absolute atomic E-state index is 12.1. The number of ether oxygens (including phenoxy) is 2. The van der Waals surface area contributed by atoms with Gasteiger partial charge in [0.2, 0.25) is 5.88 Å². The number of halogens is 3. The van der Waals surface area contributed by atoms with Gasteiger partial charge in [-0.3, -0.25) is 4.99 Å². The van der Waals surface area contributed by atoms with Crippen LogP contribution in [0.4, 0.5) is 13.2 Å². The van der Waals surface area contributed by atoms with E-state index in [2.05, 4.69) is 25.3 Å². The molecule has 9 heteroatoms. The zero-order chi connectivity index (χ0) is 20.2. The Morgan fingerprint density at radius 2 is 1.93 bits per heavy atom. The van der Waals surface area contributed by atoms with Crippen LogP contribution in [0, 0.1) is 0 Å². The quantitative estimate of drug-likeness (QED) is 0.302. The fraction of sp³-hybridized carbons (Fsp3) is 0.684. The van der Waals surface area contributed by atoms with E-state index in [9.17, 15) is 13.2 Å². The summed E-state index contributed by atoms with van der Waals surface area (Å²) in [5.41, 5.74) is 0.803. The van der Waals surface area contributed by atoms with Crippen molar-refractivity contribution in [3.63, 3.8) is 0 Å². The third-order valence-corrected chi connectivity index (χ3v) is 4.42. The largest absolute Gasteiger partial charge is 0.468 e. The van der Waals surface area contributed by atoms with Crippen molar-refractivity contribution in [2.45, 2.75) is 57.3 Å². The molecule has 2 N–H and O–H groups in total. The van der Waals surface area contributed by atoms with E-state index in [1.807, 2.05) is 0 Å². The van der Waals surface area contributed by atoms with Gasteiger partial charge in [0.05, 0.1) is 12.7 Å². The summed E-state index contributed by atoms with van der Waals surface area (Å²) < 4.78 is 46.9. The Morgan fingerprint density at radius 3 is 2.54 bits per heavy atom. The lowest BCUT2D eigenvalue weighted by molar-refractivity contribution is -0.154. The predicted molar refractivity (Wildman–Crippen MR) is 101 cm³/mol. The second kappa shape index (κ2) is 11.7. The fourth-order valence-electron chi connectivity index (χ4n) is 2.97. The van der Waals surface area contributed by atoms with Crippen LogP contribution in [0.3, 0.4) is 0 Å². The molecule has 0 radical (unpaired) electrons. The molecule has 1 aliphatic rings. The van der Waals surface area contributed by atoms with E-state index in [1.54, 1.807) is 13.1 Å². The van der Waals surface area contributed by atoms with Crippen molar-refractivity contribution in [3.05, 3.63) is 23.9 Å². The summed E-state index contributed by atoms with van der Waals surface area (Å²) in [6, 6.07) is 3.08. The average Bonchev–Trinajstić information content (AvgIpc) is 2.95. The average molecular weight is 402 g/mol. The van der Waals surface area contributed by atoms with E-state index >= 15 is 0 Å². The Kier molecular flexibility index (Phi) is 9.33. The first-order valence-electron chi connectivity index (χ1n) is 9.67. The van der Waals surface area contributed by atoms with Gasteiger partial charge in [-0.15, -0.1) is 0 Å². The van der Waals surface area contributed by atoms with Gasteiger partial charge in [-0.2, -0.15) is 13.2 Å². The van der Waals surface area contributed by atoms with Crippen molar-refractivity contribution in [2.75, 3.05) is 26.8 Å². The van der Waals surface area contributed by atoms with Gasteiger partial charge in [-0.1, -0.05) is 31.7 Å². The lowest BCUT2D eigenvalue weighted by Gasteiger charge is -2.17. The molecule has 1 aliphatic carbocycles. The van der Waals surface area contributed by atoms with Gasteiger partial charge in [0.15, 0.2) is 12.6 Å². The first-order valence-corrected chi connectivity index (χ1v) is 9.67. The molecule has 0 unspecified atom stereocenters. The molecule has 0 aromatic carbocycles. The van der Waals surface area contributed by atoms with Crippen LogP contribution in [-0.4, -0.2) is 50.0 Å². The SMILES string of the molecule is CN=C(NCCOC1CCCCCC1)NCc1ccc(OCC(F)(F)F)nc1. The van der Waals surface area contributed by atoms with Crippen LogP contribution in [0.5, 0.6) is 5.88 Å². The number of rotatable bonds is 8. The second-order valence-electron chi connectivity index (χ2n) is 6.75. The first-order chi connectivity index (χ1) is 13.5. The molecule has 0 saturated heterocycles. The van der Waals surface area contributed by atoms with E-state index in [0.29, 0.717) is 31.8 Å². The van der Waals surface area contributed by atoms with Crippen molar-refractivity contribution in [2.24, 2.45) is 4.99 Å². The van der Waals surface area contributed by atoms with Gasteiger partial charge in [0.1, 0.15) is 0 Å². The smallest absolute Gasteiger partial charge is 0.422 e. The zero-order valence-electron chi connectivity index (χ0n) is 16.2. The number of guanidine groups is 1. The van der Waals surface area contributed by atoms with Crippen LogP contribution in [-0.2, 0) is 11.3 Å². The minimum absolute atomic E-state index is 0.0563. The molecule has 1 heterocycles. The maximum Gasteiger partial charge on any atom is 0.422 e. The molecule has 28 heavy (non-hydrogen) atoms. The molecule has 158 valence electrons. The standard InChI is InChI=1S/C19H29F3N4O2/c1-23-18(24-10-11-27-16-6-4-2-3-5-7-16)26-13-15-8-9-17(25-12-15)28-14-19(20,21)22/h8-9,12,16H,2-7,10-11,13-14H2,1H3,(H2,23,24,26). The van der Waals surface area contributed by atoms with E-state index in [-0.39, 0.29) is 5.88 Å². The van der Waals surface area contributed by atoms with Crippen molar-refractivity contribution in [1.82, 2.24) is 15.6 Å². The van der Waals surface area contributed by atoms with Gasteiger partial charge in [-0.25, -0.2) is 4.98 Å². The molecular formula is C19H29F3N4O2. The van der Waals surface area contributed by atoms with Gasteiger partial charge in [-0.05, 0) is 18.4 Å². The fourth-order valence-corrected chi connectivity index (χ4v) is 2.97. The molecule has 0 bridgehead atoms. The first kappa shape index (κ1) is 22.3. The van der Waals surface area contributed by atoms with Gasteiger partial charge < -0.3 is 20.1 Å². The van der Waals surface area contributed by atoms with Crippen LogP contribution in [0.25, 0.3) is 0 Å². The van der Waals surface area contributed by atoms with Crippen LogP contribution in [0.15, 0.2) is 23.3 Å². The summed E-state index contributed by atoms with van der Waals surface area (Å²) >= 11 is 0. The molecule has 0 atom stereocenters. The minimum Gasteiger partial charge on any atom is -0.468 e. The van der Waals surface area contributed by atoms with E-state index in [1.165, 1.54) is 37.9 Å². The molecule has 6 nitrogen and oxygen atoms in total. The second-order valence-corrected chi connectivity index (χ2v) is 6.75. The molecule has 1 fully saturated rings. The number of hydrogen-bond acceptors (Lipinski definition) is 4. The van der Waals surface area contributed by atoms with Crippen LogP contribution in [0.1, 0.15) is 44.1 Å². The van der Waals surface area contributed by atoms with E-state index in [4.69, 9.17) is 4.74 Å². The lowest BCUT2D eigenvalue weighted by Crippen LogP contribution is -2.39. The predicted octanol–water partition coefficient (Wildman–Crippen LogP) is 3.43. The highest BCUT2D eigenvalue weighted by atomic mass is 19.4.